The number of nitriles is 1. The van der Waals surface area contributed by atoms with Gasteiger partial charge in [-0.3, -0.25) is 4.90 Å². The van der Waals surface area contributed by atoms with Gasteiger partial charge in [0.15, 0.2) is 0 Å². The zero-order valence-corrected chi connectivity index (χ0v) is 18.3. The number of halogens is 1. The SMILES string of the molecule is N#Cc1ccc(N2CCN(C3CC4CC(c5c[nH]c6ccccc56)CC4C3)CC2)cc1F. The average molecular weight is 429 g/mol. The first-order valence-electron chi connectivity index (χ1n) is 11.9. The van der Waals surface area contributed by atoms with E-state index in [9.17, 15) is 4.39 Å². The van der Waals surface area contributed by atoms with Crippen LogP contribution in [0.15, 0.2) is 48.7 Å². The number of piperazine rings is 1. The van der Waals surface area contributed by atoms with E-state index in [1.807, 2.05) is 12.1 Å². The summed E-state index contributed by atoms with van der Waals surface area (Å²) in [5.41, 5.74) is 3.80. The molecule has 6 rings (SSSR count). The van der Waals surface area contributed by atoms with Gasteiger partial charge in [-0.1, -0.05) is 18.2 Å². The number of anilines is 1. The van der Waals surface area contributed by atoms with Gasteiger partial charge >= 0.3 is 0 Å². The van der Waals surface area contributed by atoms with Crippen LogP contribution in [0.5, 0.6) is 0 Å². The van der Waals surface area contributed by atoms with E-state index in [0.29, 0.717) is 12.0 Å². The van der Waals surface area contributed by atoms with Crippen LogP contribution in [-0.4, -0.2) is 42.1 Å². The number of aromatic nitrogens is 1. The summed E-state index contributed by atoms with van der Waals surface area (Å²) in [5.74, 6) is 1.99. The fourth-order valence-electron chi connectivity index (χ4n) is 6.71. The van der Waals surface area contributed by atoms with Crippen molar-refractivity contribution in [3.63, 3.8) is 0 Å². The monoisotopic (exact) mass is 428 g/mol. The number of fused-ring (bicyclic) bond motifs is 2. The van der Waals surface area contributed by atoms with Crippen LogP contribution < -0.4 is 4.90 Å². The molecule has 2 unspecified atom stereocenters. The zero-order chi connectivity index (χ0) is 21.7. The van der Waals surface area contributed by atoms with Crippen LogP contribution in [0.25, 0.3) is 10.9 Å². The molecule has 1 aromatic heterocycles. The Morgan fingerprint density at radius 2 is 1.69 bits per heavy atom. The number of hydrogen-bond donors (Lipinski definition) is 1. The van der Waals surface area contributed by atoms with E-state index in [1.54, 1.807) is 6.07 Å². The number of benzene rings is 2. The molecule has 2 heterocycles. The van der Waals surface area contributed by atoms with Crippen molar-refractivity contribution >= 4 is 16.6 Å². The topological polar surface area (TPSA) is 46.1 Å². The number of nitrogens with one attached hydrogen (secondary N) is 1. The lowest BCUT2D eigenvalue weighted by atomic mass is 9.93. The van der Waals surface area contributed by atoms with Gasteiger partial charge in [0.1, 0.15) is 11.9 Å². The number of aromatic amines is 1. The molecule has 1 aliphatic heterocycles. The first kappa shape index (κ1) is 19.8. The minimum Gasteiger partial charge on any atom is -0.369 e. The van der Waals surface area contributed by atoms with E-state index >= 15 is 0 Å². The summed E-state index contributed by atoms with van der Waals surface area (Å²) < 4.78 is 14.0. The molecule has 0 radical (unpaired) electrons. The van der Waals surface area contributed by atoms with E-state index < -0.39 is 5.82 Å². The van der Waals surface area contributed by atoms with E-state index in [1.165, 1.54) is 48.2 Å². The number of H-pyrrole nitrogens is 1. The fraction of sp³-hybridized carbons (Fsp3) is 0.444. The van der Waals surface area contributed by atoms with Gasteiger partial charge < -0.3 is 9.88 Å². The summed E-state index contributed by atoms with van der Waals surface area (Å²) in [6.45, 7) is 3.93. The second-order valence-electron chi connectivity index (χ2n) is 9.90. The summed E-state index contributed by atoms with van der Waals surface area (Å²) in [6, 6.07) is 16.3. The average Bonchev–Trinajstić information content (AvgIpc) is 3.52. The predicted octanol–water partition coefficient (Wildman–Crippen LogP) is 5.27. The van der Waals surface area contributed by atoms with E-state index in [4.69, 9.17) is 5.26 Å². The number of para-hydroxylation sites is 1. The lowest BCUT2D eigenvalue weighted by molar-refractivity contribution is 0.179. The smallest absolute Gasteiger partial charge is 0.143 e. The van der Waals surface area contributed by atoms with Crippen molar-refractivity contribution in [1.29, 1.82) is 5.26 Å². The van der Waals surface area contributed by atoms with Gasteiger partial charge in [0.2, 0.25) is 0 Å². The predicted molar refractivity (Wildman–Crippen MR) is 125 cm³/mol. The molecule has 2 atom stereocenters. The standard InChI is InChI=1S/C27H29FN4/c28-26-15-22(6-5-18(26)16-29)31-7-9-32(10-8-31)23-13-19-11-21(12-20(19)14-23)25-17-30-27-4-2-1-3-24(25)27/h1-6,15,17,19-21,23,30H,7-14H2. The van der Waals surface area contributed by atoms with Crippen LogP contribution in [0.2, 0.25) is 0 Å². The zero-order valence-electron chi connectivity index (χ0n) is 18.3. The van der Waals surface area contributed by atoms with Gasteiger partial charge in [-0.2, -0.15) is 5.26 Å². The highest BCUT2D eigenvalue weighted by Crippen LogP contribution is 2.52. The lowest BCUT2D eigenvalue weighted by Crippen LogP contribution is -2.50. The van der Waals surface area contributed by atoms with Crippen LogP contribution in [0.1, 0.15) is 42.7 Å². The maximum atomic E-state index is 14.0. The maximum absolute atomic E-state index is 14.0. The highest BCUT2D eigenvalue weighted by Gasteiger charge is 2.44. The fourth-order valence-corrected chi connectivity index (χ4v) is 6.71. The third-order valence-electron chi connectivity index (χ3n) is 8.32. The highest BCUT2D eigenvalue weighted by molar-refractivity contribution is 5.83. The molecule has 4 nitrogen and oxygen atoms in total. The van der Waals surface area contributed by atoms with Crippen molar-refractivity contribution in [2.75, 3.05) is 31.1 Å². The third-order valence-corrected chi connectivity index (χ3v) is 8.32. The normalized spacial score (nSPS) is 28.2. The van der Waals surface area contributed by atoms with Gasteiger partial charge in [0, 0.05) is 55.0 Å². The largest absolute Gasteiger partial charge is 0.369 e. The van der Waals surface area contributed by atoms with Gasteiger partial charge in [0.25, 0.3) is 0 Å². The molecule has 0 bridgehead atoms. The molecule has 5 heteroatoms. The molecular formula is C27H29FN4. The molecule has 1 N–H and O–H groups in total. The molecule has 2 saturated carbocycles. The van der Waals surface area contributed by atoms with Crippen molar-refractivity contribution in [2.24, 2.45) is 11.8 Å². The summed E-state index contributed by atoms with van der Waals surface area (Å²) in [4.78, 5) is 8.40. The highest BCUT2D eigenvalue weighted by atomic mass is 19.1. The minimum atomic E-state index is -0.416. The van der Waals surface area contributed by atoms with E-state index in [2.05, 4.69) is 45.2 Å². The van der Waals surface area contributed by atoms with Crippen LogP contribution in [0.3, 0.4) is 0 Å². The molecule has 164 valence electrons. The first-order chi connectivity index (χ1) is 15.7. The van der Waals surface area contributed by atoms with Gasteiger partial charge in [-0.15, -0.1) is 0 Å². The molecule has 3 aliphatic rings. The van der Waals surface area contributed by atoms with Gasteiger partial charge in [-0.25, -0.2) is 4.39 Å². The van der Waals surface area contributed by atoms with Gasteiger partial charge in [-0.05, 0) is 73.3 Å². The van der Waals surface area contributed by atoms with Crippen LogP contribution in [-0.2, 0) is 0 Å². The Balaban J connectivity index is 1.06. The minimum absolute atomic E-state index is 0.121. The van der Waals surface area contributed by atoms with Crippen molar-refractivity contribution in [3.8, 4) is 6.07 Å². The number of nitrogens with zero attached hydrogens (tertiary/aromatic N) is 3. The summed E-state index contributed by atoms with van der Waals surface area (Å²) in [5, 5.41) is 10.4. The van der Waals surface area contributed by atoms with Gasteiger partial charge in [0.05, 0.1) is 5.56 Å². The molecule has 1 saturated heterocycles. The second-order valence-corrected chi connectivity index (χ2v) is 9.90. The van der Waals surface area contributed by atoms with Crippen molar-refractivity contribution in [3.05, 3.63) is 65.6 Å². The first-order valence-corrected chi connectivity index (χ1v) is 11.9. The molecule has 2 aliphatic carbocycles. The summed E-state index contributed by atoms with van der Waals surface area (Å²) >= 11 is 0. The summed E-state index contributed by atoms with van der Waals surface area (Å²) in [7, 11) is 0. The van der Waals surface area contributed by atoms with E-state index in [-0.39, 0.29) is 5.56 Å². The Bertz CT molecular complexity index is 1160. The second kappa shape index (κ2) is 7.94. The molecule has 0 spiro atoms. The Morgan fingerprint density at radius 3 is 2.41 bits per heavy atom. The maximum Gasteiger partial charge on any atom is 0.143 e. The van der Waals surface area contributed by atoms with Crippen molar-refractivity contribution in [2.45, 2.75) is 37.6 Å². The number of rotatable bonds is 3. The Kier molecular flexibility index (Phi) is 4.91. The van der Waals surface area contributed by atoms with Crippen LogP contribution >= 0.6 is 0 Å². The molecule has 0 amide bonds. The van der Waals surface area contributed by atoms with Crippen LogP contribution in [0.4, 0.5) is 10.1 Å². The van der Waals surface area contributed by atoms with Crippen molar-refractivity contribution in [1.82, 2.24) is 9.88 Å². The Morgan fingerprint density at radius 1 is 0.938 bits per heavy atom. The lowest BCUT2D eigenvalue weighted by Gasteiger charge is -2.39. The Labute approximate surface area is 188 Å². The number of hydrogen-bond acceptors (Lipinski definition) is 3. The van der Waals surface area contributed by atoms with Crippen LogP contribution in [0, 0.1) is 29.0 Å². The molecular weight excluding hydrogens is 399 g/mol. The van der Waals surface area contributed by atoms with E-state index in [0.717, 1.165) is 43.7 Å². The molecule has 3 aromatic rings. The summed E-state index contributed by atoms with van der Waals surface area (Å²) in [6.07, 6.45) is 7.56. The molecule has 2 aromatic carbocycles. The third kappa shape index (κ3) is 3.38. The van der Waals surface area contributed by atoms with Crippen molar-refractivity contribution < 1.29 is 4.39 Å². The molecule has 3 fully saturated rings. The quantitative estimate of drug-likeness (QED) is 0.618. The molecule has 32 heavy (non-hydrogen) atoms. The Hall–Kier alpha value is -2.84.